The number of benzene rings is 2. The third kappa shape index (κ3) is 1.09. The molecule has 0 spiro atoms. The lowest BCUT2D eigenvalue weighted by atomic mass is 10.0. The van der Waals surface area contributed by atoms with E-state index in [1.54, 1.807) is 0 Å². The number of phenols is 1. The largest absolute Gasteiger partial charge is 0.507 e. The lowest BCUT2D eigenvalue weighted by Crippen LogP contribution is -1.82. The van der Waals surface area contributed by atoms with Crippen molar-refractivity contribution >= 4 is 10.8 Å². The van der Waals surface area contributed by atoms with Crippen LogP contribution in [-0.4, -0.2) is 5.11 Å². The average molecular weight is 184 g/mol. The normalized spacial score (nSPS) is 16.0. The summed E-state index contributed by atoms with van der Waals surface area (Å²) < 4.78 is 0. The summed E-state index contributed by atoms with van der Waals surface area (Å²) >= 11 is 0. The van der Waals surface area contributed by atoms with Gasteiger partial charge in [0.05, 0.1) is 0 Å². The van der Waals surface area contributed by atoms with Crippen molar-refractivity contribution in [2.24, 2.45) is 0 Å². The molecule has 0 aromatic heterocycles. The van der Waals surface area contributed by atoms with Crippen LogP contribution in [-0.2, 0) is 0 Å². The van der Waals surface area contributed by atoms with Gasteiger partial charge in [-0.3, -0.25) is 0 Å². The molecule has 0 amide bonds. The van der Waals surface area contributed by atoms with E-state index in [0.29, 0.717) is 11.7 Å². The summed E-state index contributed by atoms with van der Waals surface area (Å²) in [6.07, 6.45) is 2.46. The van der Waals surface area contributed by atoms with E-state index in [4.69, 9.17) is 0 Å². The van der Waals surface area contributed by atoms with E-state index in [1.165, 1.54) is 12.8 Å². The van der Waals surface area contributed by atoms with E-state index >= 15 is 0 Å². The molecule has 0 radical (unpaired) electrons. The van der Waals surface area contributed by atoms with Crippen molar-refractivity contribution < 1.29 is 5.11 Å². The number of phenolic OH excluding ortho intramolecular Hbond substituents is 1. The third-order valence-electron chi connectivity index (χ3n) is 2.95. The van der Waals surface area contributed by atoms with Crippen LogP contribution in [0.25, 0.3) is 10.8 Å². The lowest BCUT2D eigenvalue weighted by molar-refractivity contribution is 0.475. The molecule has 0 bridgehead atoms. The zero-order chi connectivity index (χ0) is 9.54. The van der Waals surface area contributed by atoms with Gasteiger partial charge in [-0.1, -0.05) is 36.4 Å². The summed E-state index contributed by atoms with van der Waals surface area (Å²) in [6, 6.07) is 12.2. The molecule has 0 heterocycles. The van der Waals surface area contributed by atoms with Crippen LogP contribution >= 0.6 is 0 Å². The van der Waals surface area contributed by atoms with Crippen LogP contribution < -0.4 is 0 Å². The highest BCUT2D eigenvalue weighted by atomic mass is 16.3. The molecular weight excluding hydrogens is 172 g/mol. The Balaban J connectivity index is 2.30. The molecule has 1 fully saturated rings. The fraction of sp³-hybridized carbons (Fsp3) is 0.231. The minimum absolute atomic E-state index is 0.491. The highest BCUT2D eigenvalue weighted by Crippen LogP contribution is 2.45. The summed E-state index contributed by atoms with van der Waals surface area (Å²) in [5, 5.41) is 12.2. The van der Waals surface area contributed by atoms with Gasteiger partial charge in [0.25, 0.3) is 0 Å². The van der Waals surface area contributed by atoms with Crippen LogP contribution in [0.1, 0.15) is 24.3 Å². The van der Waals surface area contributed by atoms with E-state index in [1.807, 2.05) is 24.3 Å². The lowest BCUT2D eigenvalue weighted by Gasteiger charge is -2.06. The van der Waals surface area contributed by atoms with E-state index in [-0.39, 0.29) is 0 Å². The maximum absolute atomic E-state index is 10.1. The van der Waals surface area contributed by atoms with Gasteiger partial charge < -0.3 is 5.11 Å². The smallest absolute Gasteiger partial charge is 0.126 e. The monoisotopic (exact) mass is 184 g/mol. The molecular formula is C13H12O. The molecule has 0 atom stereocenters. The fourth-order valence-corrected chi connectivity index (χ4v) is 2.00. The fourth-order valence-electron chi connectivity index (χ4n) is 2.00. The molecule has 2 aromatic carbocycles. The van der Waals surface area contributed by atoms with Crippen LogP contribution in [0.15, 0.2) is 36.4 Å². The van der Waals surface area contributed by atoms with Crippen molar-refractivity contribution in [3.05, 3.63) is 42.0 Å². The Labute approximate surface area is 83.0 Å². The molecule has 1 N–H and O–H groups in total. The maximum atomic E-state index is 10.1. The molecule has 1 aliphatic carbocycles. The van der Waals surface area contributed by atoms with Crippen molar-refractivity contribution in [2.45, 2.75) is 18.8 Å². The van der Waals surface area contributed by atoms with Gasteiger partial charge in [0.1, 0.15) is 5.75 Å². The molecule has 3 rings (SSSR count). The van der Waals surface area contributed by atoms with Gasteiger partial charge in [0.2, 0.25) is 0 Å². The zero-order valence-corrected chi connectivity index (χ0v) is 7.90. The Morgan fingerprint density at radius 3 is 2.57 bits per heavy atom. The molecule has 14 heavy (non-hydrogen) atoms. The van der Waals surface area contributed by atoms with Gasteiger partial charge in [-0.25, -0.2) is 0 Å². The molecule has 1 saturated carbocycles. The molecule has 1 aliphatic rings. The molecule has 1 nitrogen and oxygen atoms in total. The molecule has 0 saturated heterocycles. The Hall–Kier alpha value is -1.50. The van der Waals surface area contributed by atoms with Gasteiger partial charge in [0, 0.05) is 5.39 Å². The van der Waals surface area contributed by atoms with Crippen molar-refractivity contribution in [2.75, 3.05) is 0 Å². The second-order valence-corrected chi connectivity index (χ2v) is 4.00. The zero-order valence-electron chi connectivity index (χ0n) is 7.90. The Morgan fingerprint density at radius 1 is 1.00 bits per heavy atom. The first-order chi connectivity index (χ1) is 6.86. The van der Waals surface area contributed by atoms with Crippen molar-refractivity contribution in [3.63, 3.8) is 0 Å². The van der Waals surface area contributed by atoms with E-state index in [0.717, 1.165) is 16.3 Å². The van der Waals surface area contributed by atoms with E-state index in [9.17, 15) is 5.11 Å². The van der Waals surface area contributed by atoms with Gasteiger partial charge in [-0.15, -0.1) is 0 Å². The summed E-state index contributed by atoms with van der Waals surface area (Å²) in [5.41, 5.74) is 1.13. The van der Waals surface area contributed by atoms with Crippen molar-refractivity contribution in [1.29, 1.82) is 0 Å². The van der Waals surface area contributed by atoms with Gasteiger partial charge >= 0.3 is 0 Å². The predicted octanol–water partition coefficient (Wildman–Crippen LogP) is 3.42. The summed E-state index contributed by atoms with van der Waals surface area (Å²) in [5.74, 6) is 1.10. The number of hydrogen-bond acceptors (Lipinski definition) is 1. The molecule has 1 heteroatoms. The number of hydrogen-bond donors (Lipinski definition) is 1. The topological polar surface area (TPSA) is 20.2 Å². The van der Waals surface area contributed by atoms with E-state index < -0.39 is 0 Å². The predicted molar refractivity (Wildman–Crippen MR) is 57.6 cm³/mol. The van der Waals surface area contributed by atoms with Crippen LogP contribution in [0.3, 0.4) is 0 Å². The Bertz CT molecular complexity index is 484. The quantitative estimate of drug-likeness (QED) is 0.720. The summed E-state index contributed by atoms with van der Waals surface area (Å²) in [6.45, 7) is 0. The molecule has 2 aromatic rings. The second-order valence-electron chi connectivity index (χ2n) is 4.00. The number of fused-ring (bicyclic) bond motifs is 1. The van der Waals surface area contributed by atoms with Crippen molar-refractivity contribution in [3.8, 4) is 5.75 Å². The van der Waals surface area contributed by atoms with E-state index in [2.05, 4.69) is 12.1 Å². The minimum Gasteiger partial charge on any atom is -0.507 e. The minimum atomic E-state index is 0.491. The summed E-state index contributed by atoms with van der Waals surface area (Å²) in [4.78, 5) is 0. The van der Waals surface area contributed by atoms with Gasteiger partial charge in [0.15, 0.2) is 0 Å². The molecule has 70 valence electrons. The molecule has 0 unspecified atom stereocenters. The van der Waals surface area contributed by atoms with Crippen LogP contribution in [0, 0.1) is 0 Å². The van der Waals surface area contributed by atoms with Crippen LogP contribution in [0.4, 0.5) is 0 Å². The second kappa shape index (κ2) is 2.74. The first-order valence-corrected chi connectivity index (χ1v) is 5.07. The highest BCUT2D eigenvalue weighted by molar-refractivity contribution is 5.89. The SMILES string of the molecule is Oc1c(C2CC2)ccc2ccccc12. The van der Waals surface area contributed by atoms with Gasteiger partial charge in [-0.2, -0.15) is 0 Å². The molecule has 0 aliphatic heterocycles. The van der Waals surface area contributed by atoms with Crippen LogP contribution in [0.5, 0.6) is 5.75 Å². The van der Waals surface area contributed by atoms with Gasteiger partial charge in [-0.05, 0) is 29.7 Å². The first-order valence-electron chi connectivity index (χ1n) is 5.07. The first kappa shape index (κ1) is 7.86. The third-order valence-corrected chi connectivity index (χ3v) is 2.95. The standard InChI is InChI=1S/C13H12O/c14-13-11-4-2-1-3-9(11)7-8-12(13)10-5-6-10/h1-4,7-8,10,14H,5-6H2. The van der Waals surface area contributed by atoms with Crippen molar-refractivity contribution in [1.82, 2.24) is 0 Å². The van der Waals surface area contributed by atoms with Crippen LogP contribution in [0.2, 0.25) is 0 Å². The maximum Gasteiger partial charge on any atom is 0.126 e. The Morgan fingerprint density at radius 2 is 1.79 bits per heavy atom. The summed E-state index contributed by atoms with van der Waals surface area (Å²) in [7, 11) is 0. The highest BCUT2D eigenvalue weighted by Gasteiger charge is 2.26. The number of rotatable bonds is 1. The average Bonchev–Trinajstić information content (AvgIpc) is 3.03. The Kier molecular flexibility index (Phi) is 1.54. The number of aromatic hydroxyl groups is 1.